The summed E-state index contributed by atoms with van der Waals surface area (Å²) in [6, 6.07) is 3.88. The van der Waals surface area contributed by atoms with Crippen LogP contribution in [0, 0.1) is 0 Å². The number of nitrogens with one attached hydrogen (secondary N) is 1. The van der Waals surface area contributed by atoms with Crippen LogP contribution in [0.25, 0.3) is 0 Å². The molecular formula is C12H21NO3. The van der Waals surface area contributed by atoms with Crippen molar-refractivity contribution in [3.05, 3.63) is 24.2 Å². The van der Waals surface area contributed by atoms with Crippen molar-refractivity contribution in [3.8, 4) is 0 Å². The molecule has 0 aliphatic carbocycles. The van der Waals surface area contributed by atoms with Crippen molar-refractivity contribution in [1.29, 1.82) is 0 Å². The van der Waals surface area contributed by atoms with Gasteiger partial charge in [0.05, 0.1) is 17.9 Å². The Kier molecular flexibility index (Phi) is 4.99. The molecule has 0 spiro atoms. The molecule has 92 valence electrons. The minimum absolute atomic E-state index is 0.101. The van der Waals surface area contributed by atoms with Crippen LogP contribution in [0.1, 0.15) is 32.1 Å². The van der Waals surface area contributed by atoms with E-state index in [-0.39, 0.29) is 6.04 Å². The van der Waals surface area contributed by atoms with Gasteiger partial charge in [0, 0.05) is 26.7 Å². The van der Waals surface area contributed by atoms with E-state index in [2.05, 4.69) is 5.32 Å². The first-order valence-corrected chi connectivity index (χ1v) is 5.53. The molecule has 4 nitrogen and oxygen atoms in total. The second kappa shape index (κ2) is 6.03. The van der Waals surface area contributed by atoms with Gasteiger partial charge in [-0.2, -0.15) is 0 Å². The molecule has 16 heavy (non-hydrogen) atoms. The van der Waals surface area contributed by atoms with Gasteiger partial charge in [0.25, 0.3) is 0 Å². The van der Waals surface area contributed by atoms with Crippen LogP contribution in [-0.4, -0.2) is 31.0 Å². The topological polar surface area (TPSA) is 54.6 Å². The SMILES string of the molecule is COCCC(C)(O)CNC(C)c1ccco1. The smallest absolute Gasteiger partial charge is 0.120 e. The molecule has 0 radical (unpaired) electrons. The third kappa shape index (κ3) is 4.35. The lowest BCUT2D eigenvalue weighted by atomic mass is 10.0. The molecule has 1 aromatic heterocycles. The van der Waals surface area contributed by atoms with Crippen molar-refractivity contribution in [1.82, 2.24) is 5.32 Å². The summed E-state index contributed by atoms with van der Waals surface area (Å²) in [6.45, 7) is 4.88. The summed E-state index contributed by atoms with van der Waals surface area (Å²) in [4.78, 5) is 0. The van der Waals surface area contributed by atoms with E-state index in [0.717, 1.165) is 5.76 Å². The number of methoxy groups -OCH3 is 1. The molecule has 1 heterocycles. The Balaban J connectivity index is 2.33. The zero-order valence-corrected chi connectivity index (χ0v) is 10.2. The van der Waals surface area contributed by atoms with Crippen molar-refractivity contribution in [2.45, 2.75) is 31.9 Å². The minimum Gasteiger partial charge on any atom is -0.468 e. The molecule has 2 atom stereocenters. The summed E-state index contributed by atoms with van der Waals surface area (Å²) in [5.41, 5.74) is -0.753. The highest BCUT2D eigenvalue weighted by Gasteiger charge is 2.21. The van der Waals surface area contributed by atoms with Gasteiger partial charge in [-0.05, 0) is 26.0 Å². The van der Waals surface area contributed by atoms with Gasteiger partial charge < -0.3 is 19.6 Å². The first kappa shape index (κ1) is 13.2. The Hall–Kier alpha value is -0.840. The highest BCUT2D eigenvalue weighted by atomic mass is 16.5. The van der Waals surface area contributed by atoms with Crippen molar-refractivity contribution < 1.29 is 14.3 Å². The summed E-state index contributed by atoms with van der Waals surface area (Å²) in [5, 5.41) is 13.3. The molecule has 0 aliphatic heterocycles. The zero-order valence-electron chi connectivity index (χ0n) is 10.2. The minimum atomic E-state index is -0.753. The van der Waals surface area contributed by atoms with Gasteiger partial charge in [-0.15, -0.1) is 0 Å². The molecule has 2 N–H and O–H groups in total. The maximum Gasteiger partial charge on any atom is 0.120 e. The maximum absolute atomic E-state index is 10.0. The van der Waals surface area contributed by atoms with Gasteiger partial charge in [-0.3, -0.25) is 0 Å². The monoisotopic (exact) mass is 227 g/mol. The van der Waals surface area contributed by atoms with Crippen LogP contribution < -0.4 is 5.32 Å². The van der Waals surface area contributed by atoms with Crippen LogP contribution in [0.4, 0.5) is 0 Å². The molecule has 0 saturated heterocycles. The quantitative estimate of drug-likeness (QED) is 0.744. The standard InChI is InChI=1S/C12H21NO3/c1-10(11-5-4-7-16-11)13-9-12(2,14)6-8-15-3/h4-5,7,10,13-14H,6,8-9H2,1-3H3. The third-order valence-electron chi connectivity index (χ3n) is 2.60. The third-order valence-corrected chi connectivity index (χ3v) is 2.60. The lowest BCUT2D eigenvalue weighted by Crippen LogP contribution is -2.39. The van der Waals surface area contributed by atoms with E-state index < -0.39 is 5.60 Å². The average molecular weight is 227 g/mol. The highest BCUT2D eigenvalue weighted by molar-refractivity contribution is 5.03. The highest BCUT2D eigenvalue weighted by Crippen LogP contribution is 2.14. The number of ether oxygens (including phenoxy) is 1. The van der Waals surface area contributed by atoms with Crippen LogP contribution in [0.3, 0.4) is 0 Å². The van der Waals surface area contributed by atoms with Gasteiger partial charge >= 0.3 is 0 Å². The van der Waals surface area contributed by atoms with Crippen LogP contribution in [0.5, 0.6) is 0 Å². The van der Waals surface area contributed by atoms with Crippen LogP contribution in [-0.2, 0) is 4.74 Å². The lowest BCUT2D eigenvalue weighted by Gasteiger charge is -2.25. The van der Waals surface area contributed by atoms with Gasteiger partial charge in [-0.1, -0.05) is 0 Å². The molecule has 1 rings (SSSR count). The van der Waals surface area contributed by atoms with Crippen LogP contribution >= 0.6 is 0 Å². The molecule has 0 aliphatic rings. The Bertz CT molecular complexity index is 282. The van der Waals surface area contributed by atoms with Gasteiger partial charge in [-0.25, -0.2) is 0 Å². The van der Waals surface area contributed by atoms with Crippen molar-refractivity contribution >= 4 is 0 Å². The number of furan rings is 1. The first-order chi connectivity index (χ1) is 7.55. The second-order valence-electron chi connectivity index (χ2n) is 4.36. The maximum atomic E-state index is 10.0. The molecule has 4 heteroatoms. The predicted octanol–water partition coefficient (Wildman–Crippen LogP) is 1.72. The van der Waals surface area contributed by atoms with E-state index in [4.69, 9.17) is 9.15 Å². The number of rotatable bonds is 7. The Morgan fingerprint density at radius 1 is 1.62 bits per heavy atom. The normalized spacial score (nSPS) is 17.0. The van der Waals surface area contributed by atoms with E-state index in [1.165, 1.54) is 0 Å². The molecule has 0 aromatic carbocycles. The molecule has 0 saturated carbocycles. The van der Waals surface area contributed by atoms with Gasteiger partial charge in [0.15, 0.2) is 0 Å². The Labute approximate surface area is 96.6 Å². The fourth-order valence-corrected chi connectivity index (χ4v) is 1.42. The van der Waals surface area contributed by atoms with Crippen LogP contribution in [0.15, 0.2) is 22.8 Å². The van der Waals surface area contributed by atoms with Crippen molar-refractivity contribution in [3.63, 3.8) is 0 Å². The number of aliphatic hydroxyl groups is 1. The van der Waals surface area contributed by atoms with Crippen molar-refractivity contribution in [2.24, 2.45) is 0 Å². The van der Waals surface area contributed by atoms with E-state index >= 15 is 0 Å². The number of hydrogen-bond donors (Lipinski definition) is 2. The Morgan fingerprint density at radius 3 is 2.94 bits per heavy atom. The molecule has 0 fully saturated rings. The summed E-state index contributed by atoms with van der Waals surface area (Å²) in [7, 11) is 1.63. The first-order valence-electron chi connectivity index (χ1n) is 5.53. The van der Waals surface area contributed by atoms with E-state index in [9.17, 15) is 5.11 Å². The van der Waals surface area contributed by atoms with E-state index in [1.54, 1.807) is 20.3 Å². The summed E-state index contributed by atoms with van der Waals surface area (Å²) < 4.78 is 10.2. The van der Waals surface area contributed by atoms with Gasteiger partial charge in [0.1, 0.15) is 5.76 Å². The van der Waals surface area contributed by atoms with E-state index in [1.807, 2.05) is 19.1 Å². The molecule has 0 bridgehead atoms. The lowest BCUT2D eigenvalue weighted by molar-refractivity contribution is 0.0226. The fourth-order valence-electron chi connectivity index (χ4n) is 1.42. The van der Waals surface area contributed by atoms with Crippen LogP contribution in [0.2, 0.25) is 0 Å². The molecule has 0 amide bonds. The Morgan fingerprint density at radius 2 is 2.38 bits per heavy atom. The second-order valence-corrected chi connectivity index (χ2v) is 4.36. The molecule has 2 unspecified atom stereocenters. The molecule has 1 aromatic rings. The van der Waals surface area contributed by atoms with Crippen molar-refractivity contribution in [2.75, 3.05) is 20.3 Å². The molecular weight excluding hydrogens is 206 g/mol. The average Bonchev–Trinajstić information content (AvgIpc) is 2.77. The number of hydrogen-bond acceptors (Lipinski definition) is 4. The summed E-state index contributed by atoms with van der Waals surface area (Å²) in [5.74, 6) is 0.877. The largest absolute Gasteiger partial charge is 0.468 e. The zero-order chi connectivity index (χ0) is 12.0. The van der Waals surface area contributed by atoms with E-state index in [0.29, 0.717) is 19.6 Å². The van der Waals surface area contributed by atoms with Gasteiger partial charge in [0.2, 0.25) is 0 Å². The fraction of sp³-hybridized carbons (Fsp3) is 0.667. The summed E-state index contributed by atoms with van der Waals surface area (Å²) in [6.07, 6.45) is 2.26. The summed E-state index contributed by atoms with van der Waals surface area (Å²) >= 11 is 0. The predicted molar refractivity (Wildman–Crippen MR) is 62.2 cm³/mol.